The Bertz CT molecular complexity index is 619. The number of rotatable bonds is 5. The number of anilines is 1. The topological polar surface area (TPSA) is 62.2 Å². The molecule has 1 aromatic carbocycles. The van der Waals surface area contributed by atoms with Gasteiger partial charge in [0.25, 0.3) is 0 Å². The molecule has 1 aromatic heterocycles. The Morgan fingerprint density at radius 3 is 2.95 bits per heavy atom. The van der Waals surface area contributed by atoms with E-state index in [9.17, 15) is 9.18 Å². The van der Waals surface area contributed by atoms with Crippen molar-refractivity contribution in [1.29, 1.82) is 0 Å². The van der Waals surface area contributed by atoms with Gasteiger partial charge >= 0.3 is 5.97 Å². The van der Waals surface area contributed by atoms with Crippen molar-refractivity contribution in [1.82, 2.24) is 4.98 Å². The summed E-state index contributed by atoms with van der Waals surface area (Å²) < 4.78 is 14.0. The molecular formula is C13H12BrFN2O2S. The molecule has 0 aliphatic carbocycles. The first kappa shape index (κ1) is 14.9. The number of thiazole rings is 1. The van der Waals surface area contributed by atoms with Crippen LogP contribution in [-0.2, 0) is 0 Å². The first-order chi connectivity index (χ1) is 9.50. The van der Waals surface area contributed by atoms with Crippen LogP contribution in [0.4, 0.5) is 10.1 Å². The molecule has 0 saturated carbocycles. The van der Waals surface area contributed by atoms with E-state index in [2.05, 4.69) is 26.2 Å². The van der Waals surface area contributed by atoms with Crippen molar-refractivity contribution < 1.29 is 14.3 Å². The summed E-state index contributed by atoms with van der Waals surface area (Å²) in [4.78, 5) is 15.1. The van der Waals surface area contributed by atoms with Crippen LogP contribution in [0, 0.1) is 5.82 Å². The van der Waals surface area contributed by atoms with Gasteiger partial charge in [0, 0.05) is 24.0 Å². The van der Waals surface area contributed by atoms with E-state index in [0.29, 0.717) is 6.54 Å². The molecule has 0 radical (unpaired) electrons. The van der Waals surface area contributed by atoms with Gasteiger partial charge in [-0.05, 0) is 28.1 Å². The molecule has 2 aromatic rings. The van der Waals surface area contributed by atoms with Crippen molar-refractivity contribution in [3.05, 3.63) is 44.6 Å². The van der Waals surface area contributed by atoms with Gasteiger partial charge in [0.1, 0.15) is 0 Å². The molecule has 7 heteroatoms. The predicted molar refractivity (Wildman–Crippen MR) is 80.1 cm³/mol. The lowest BCUT2D eigenvalue weighted by Gasteiger charge is -2.13. The van der Waals surface area contributed by atoms with E-state index in [1.165, 1.54) is 12.1 Å². The van der Waals surface area contributed by atoms with Crippen LogP contribution in [0.25, 0.3) is 0 Å². The van der Waals surface area contributed by atoms with E-state index in [0.717, 1.165) is 5.01 Å². The van der Waals surface area contributed by atoms with Crippen LogP contribution in [0.1, 0.15) is 28.2 Å². The van der Waals surface area contributed by atoms with E-state index in [4.69, 9.17) is 5.11 Å². The molecule has 0 bridgehead atoms. The van der Waals surface area contributed by atoms with E-state index < -0.39 is 11.8 Å². The van der Waals surface area contributed by atoms with Crippen LogP contribution in [-0.4, -0.2) is 22.6 Å². The molecule has 0 aliphatic rings. The average Bonchev–Trinajstić information content (AvgIpc) is 2.93. The van der Waals surface area contributed by atoms with Gasteiger partial charge in [-0.2, -0.15) is 0 Å². The van der Waals surface area contributed by atoms with Crippen molar-refractivity contribution in [3.63, 3.8) is 0 Å². The minimum atomic E-state index is -1.17. The number of nitrogens with one attached hydrogen (secondary N) is 1. The third kappa shape index (κ3) is 3.16. The van der Waals surface area contributed by atoms with E-state index in [-0.39, 0.29) is 21.6 Å². The molecule has 2 rings (SSSR count). The molecule has 0 saturated heterocycles. The predicted octanol–water partition coefficient (Wildman–Crippen LogP) is 3.96. The smallest absolute Gasteiger partial charge is 0.336 e. The fourth-order valence-electron chi connectivity index (χ4n) is 1.68. The Morgan fingerprint density at radius 1 is 1.60 bits per heavy atom. The van der Waals surface area contributed by atoms with Crippen LogP contribution >= 0.6 is 27.3 Å². The highest BCUT2D eigenvalue weighted by Crippen LogP contribution is 2.28. The van der Waals surface area contributed by atoms with Crippen molar-refractivity contribution in [2.24, 2.45) is 0 Å². The van der Waals surface area contributed by atoms with Crippen LogP contribution in [0.5, 0.6) is 0 Å². The molecular weight excluding hydrogens is 347 g/mol. The largest absolute Gasteiger partial charge is 0.478 e. The van der Waals surface area contributed by atoms with Crippen molar-refractivity contribution in [3.8, 4) is 0 Å². The number of carbonyl (C=O) groups is 1. The zero-order chi connectivity index (χ0) is 14.7. The van der Waals surface area contributed by atoms with Crippen molar-refractivity contribution in [2.45, 2.75) is 12.8 Å². The fraction of sp³-hybridized carbons (Fsp3) is 0.231. The average molecular weight is 359 g/mol. The highest BCUT2D eigenvalue weighted by molar-refractivity contribution is 9.10. The van der Waals surface area contributed by atoms with Crippen LogP contribution < -0.4 is 5.32 Å². The zero-order valence-corrected chi connectivity index (χ0v) is 13.0. The number of hydrogen-bond acceptors (Lipinski definition) is 4. The number of halogens is 2. The zero-order valence-electron chi connectivity index (χ0n) is 10.6. The number of carboxylic acids is 1. The van der Waals surface area contributed by atoms with Gasteiger partial charge in [0.05, 0.1) is 20.7 Å². The van der Waals surface area contributed by atoms with Gasteiger partial charge in [-0.25, -0.2) is 14.2 Å². The van der Waals surface area contributed by atoms with E-state index in [1.807, 2.05) is 12.3 Å². The molecule has 0 fully saturated rings. The number of benzene rings is 1. The number of nitrogens with zero attached hydrogens (tertiary/aromatic N) is 1. The second-order valence-electron chi connectivity index (χ2n) is 4.25. The van der Waals surface area contributed by atoms with Gasteiger partial charge in [-0.15, -0.1) is 11.3 Å². The number of carboxylic acid groups (broad SMARTS) is 1. The third-order valence-corrected chi connectivity index (χ3v) is 4.57. The Labute approximate surface area is 127 Å². The Morgan fingerprint density at radius 2 is 2.35 bits per heavy atom. The molecule has 0 spiro atoms. The van der Waals surface area contributed by atoms with Gasteiger partial charge in [-0.1, -0.05) is 6.92 Å². The molecule has 1 atom stereocenters. The standard InChI is InChI=1S/C13H12BrFN2O2S/c1-7(12-16-4-5-20-12)6-17-9-3-2-8(13(18)19)10(14)11(9)15/h2-5,7,17H,6H2,1H3,(H,18,19). The second kappa shape index (κ2) is 6.32. The lowest BCUT2D eigenvalue weighted by Crippen LogP contribution is -2.11. The number of aromatic carboxylic acids is 1. The minimum absolute atomic E-state index is 0.0445. The van der Waals surface area contributed by atoms with E-state index >= 15 is 0 Å². The summed E-state index contributed by atoms with van der Waals surface area (Å²) in [7, 11) is 0. The van der Waals surface area contributed by atoms with Crippen LogP contribution in [0.3, 0.4) is 0 Å². The third-order valence-electron chi connectivity index (χ3n) is 2.78. The van der Waals surface area contributed by atoms with E-state index in [1.54, 1.807) is 17.5 Å². The summed E-state index contributed by atoms with van der Waals surface area (Å²) in [5.74, 6) is -1.62. The Kier molecular flexibility index (Phi) is 4.72. The lowest BCUT2D eigenvalue weighted by atomic mass is 10.1. The molecule has 0 aliphatic heterocycles. The summed E-state index contributed by atoms with van der Waals surface area (Å²) in [6.07, 6.45) is 1.73. The molecule has 0 amide bonds. The van der Waals surface area contributed by atoms with Crippen LogP contribution in [0.2, 0.25) is 0 Å². The van der Waals surface area contributed by atoms with Crippen molar-refractivity contribution in [2.75, 3.05) is 11.9 Å². The molecule has 1 unspecified atom stereocenters. The maximum Gasteiger partial charge on any atom is 0.336 e. The fourth-order valence-corrected chi connectivity index (χ4v) is 2.89. The van der Waals surface area contributed by atoms with Crippen LogP contribution in [0.15, 0.2) is 28.2 Å². The quantitative estimate of drug-likeness (QED) is 0.848. The molecule has 20 heavy (non-hydrogen) atoms. The first-order valence-electron chi connectivity index (χ1n) is 5.85. The molecule has 106 valence electrons. The maximum absolute atomic E-state index is 14.0. The summed E-state index contributed by atoms with van der Waals surface area (Å²) >= 11 is 4.52. The highest BCUT2D eigenvalue weighted by Gasteiger charge is 2.16. The molecule has 4 nitrogen and oxygen atoms in total. The summed E-state index contributed by atoms with van der Waals surface area (Å²) in [6.45, 7) is 2.51. The highest BCUT2D eigenvalue weighted by atomic mass is 79.9. The summed E-state index contributed by atoms with van der Waals surface area (Å²) in [5.41, 5.74) is 0.173. The van der Waals surface area contributed by atoms with Crippen molar-refractivity contribution >= 4 is 38.9 Å². The van der Waals surface area contributed by atoms with Gasteiger partial charge in [-0.3, -0.25) is 0 Å². The SMILES string of the molecule is CC(CNc1ccc(C(=O)O)c(Br)c1F)c1nccs1. The van der Waals surface area contributed by atoms with Gasteiger partial charge in [0.15, 0.2) is 5.82 Å². The second-order valence-corrected chi connectivity index (χ2v) is 5.97. The number of aromatic nitrogens is 1. The molecule has 1 heterocycles. The first-order valence-corrected chi connectivity index (χ1v) is 7.52. The normalized spacial score (nSPS) is 12.2. The minimum Gasteiger partial charge on any atom is -0.478 e. The lowest BCUT2D eigenvalue weighted by molar-refractivity contribution is 0.0695. The summed E-state index contributed by atoms with van der Waals surface area (Å²) in [6, 6.07) is 2.80. The number of hydrogen-bond donors (Lipinski definition) is 2. The monoisotopic (exact) mass is 358 g/mol. The maximum atomic E-state index is 14.0. The molecule has 2 N–H and O–H groups in total. The Hall–Kier alpha value is -1.47. The summed E-state index contributed by atoms with van der Waals surface area (Å²) in [5, 5.41) is 14.7. The Balaban J connectivity index is 2.11. The van der Waals surface area contributed by atoms with Gasteiger partial charge < -0.3 is 10.4 Å². The van der Waals surface area contributed by atoms with Gasteiger partial charge in [0.2, 0.25) is 0 Å².